The average molecular weight is 198 g/mol. The predicted molar refractivity (Wildman–Crippen MR) is 58.3 cm³/mol. The minimum atomic E-state index is 0.609. The summed E-state index contributed by atoms with van der Waals surface area (Å²) in [6, 6.07) is 9.89. The number of benzene rings is 1. The quantitative estimate of drug-likeness (QED) is 0.564. The van der Waals surface area contributed by atoms with Gasteiger partial charge in [0.05, 0.1) is 5.52 Å². The van der Waals surface area contributed by atoms with Gasteiger partial charge in [0.25, 0.3) is 0 Å². The van der Waals surface area contributed by atoms with Crippen molar-refractivity contribution >= 4 is 10.9 Å². The number of aromatic nitrogens is 2. The molecule has 2 aliphatic heterocycles. The van der Waals surface area contributed by atoms with Crippen molar-refractivity contribution in [1.82, 2.24) is 9.71 Å². The third-order valence-electron chi connectivity index (χ3n) is 2.62. The van der Waals surface area contributed by atoms with Gasteiger partial charge >= 0.3 is 0 Å². The number of nitrogens with zero attached hydrogens (tertiary/aromatic N) is 2. The van der Waals surface area contributed by atoms with Gasteiger partial charge in [-0.3, -0.25) is 0 Å². The maximum absolute atomic E-state index is 9.60. The molecule has 2 aliphatic rings. The molecule has 0 aliphatic carbocycles. The molecular formula is C12H10N2O. The van der Waals surface area contributed by atoms with Crippen LogP contribution in [0.1, 0.15) is 5.56 Å². The summed E-state index contributed by atoms with van der Waals surface area (Å²) in [5, 5.41) is 10.7. The molecule has 0 saturated heterocycles. The summed E-state index contributed by atoms with van der Waals surface area (Å²) in [5.74, 6) is 0.609. The lowest BCUT2D eigenvalue weighted by Crippen LogP contribution is -1.96. The molecule has 0 spiro atoms. The van der Waals surface area contributed by atoms with E-state index in [2.05, 4.69) is 11.1 Å². The van der Waals surface area contributed by atoms with Gasteiger partial charge in [-0.2, -0.15) is 4.73 Å². The van der Waals surface area contributed by atoms with Crippen LogP contribution in [0.3, 0.4) is 0 Å². The van der Waals surface area contributed by atoms with Crippen molar-refractivity contribution in [1.29, 1.82) is 0 Å². The SMILES string of the molecule is Cc1ccc2c3cccn(O)c-3nc2c1. The highest BCUT2D eigenvalue weighted by Crippen LogP contribution is 2.30. The third kappa shape index (κ3) is 1.09. The Morgan fingerprint density at radius 2 is 2.13 bits per heavy atom. The predicted octanol–water partition coefficient (Wildman–Crippen LogP) is 2.69. The number of fused-ring (bicyclic) bond motifs is 3. The van der Waals surface area contributed by atoms with Gasteiger partial charge in [0.15, 0.2) is 5.82 Å². The Balaban J connectivity index is 2.50. The standard InChI is InChI=1S/C12H10N2O/c1-8-4-5-9-10-3-2-6-14(15)12(10)13-11(9)7-8/h2-7,15H,1H3. The van der Waals surface area contributed by atoms with Crippen molar-refractivity contribution in [2.24, 2.45) is 0 Å². The Morgan fingerprint density at radius 1 is 1.27 bits per heavy atom. The highest BCUT2D eigenvalue weighted by atomic mass is 16.5. The molecule has 1 N–H and O–H groups in total. The summed E-state index contributed by atoms with van der Waals surface area (Å²) in [4.78, 5) is 4.39. The van der Waals surface area contributed by atoms with Crippen molar-refractivity contribution in [3.8, 4) is 11.4 Å². The van der Waals surface area contributed by atoms with E-state index in [1.165, 1.54) is 5.56 Å². The van der Waals surface area contributed by atoms with E-state index < -0.39 is 0 Å². The maximum Gasteiger partial charge on any atom is 0.176 e. The topological polar surface area (TPSA) is 38.0 Å². The van der Waals surface area contributed by atoms with Crippen LogP contribution in [0, 0.1) is 6.92 Å². The Labute approximate surface area is 86.9 Å². The lowest BCUT2D eigenvalue weighted by atomic mass is 10.1. The Hall–Kier alpha value is -2.03. The van der Waals surface area contributed by atoms with Crippen LogP contribution in [0.4, 0.5) is 0 Å². The fourth-order valence-corrected chi connectivity index (χ4v) is 1.89. The zero-order valence-corrected chi connectivity index (χ0v) is 8.31. The van der Waals surface area contributed by atoms with Crippen LogP contribution >= 0.6 is 0 Å². The van der Waals surface area contributed by atoms with Crippen LogP contribution < -0.4 is 0 Å². The molecule has 74 valence electrons. The second-order valence-electron chi connectivity index (χ2n) is 3.72. The molecule has 0 aromatic heterocycles. The molecule has 0 atom stereocenters. The van der Waals surface area contributed by atoms with Gasteiger partial charge < -0.3 is 5.21 Å². The zero-order valence-electron chi connectivity index (χ0n) is 8.31. The van der Waals surface area contributed by atoms with E-state index in [1.807, 2.05) is 31.2 Å². The molecule has 0 saturated carbocycles. The molecule has 0 fully saturated rings. The van der Waals surface area contributed by atoms with Gasteiger partial charge in [0.2, 0.25) is 0 Å². The molecule has 15 heavy (non-hydrogen) atoms. The largest absolute Gasteiger partial charge is 0.427 e. The molecule has 2 heterocycles. The number of hydrogen-bond acceptors (Lipinski definition) is 2. The summed E-state index contributed by atoms with van der Waals surface area (Å²) in [7, 11) is 0. The second kappa shape index (κ2) is 2.73. The zero-order chi connectivity index (χ0) is 10.4. The summed E-state index contributed by atoms with van der Waals surface area (Å²) < 4.78 is 1.06. The number of hydrogen-bond donors (Lipinski definition) is 1. The van der Waals surface area contributed by atoms with Gasteiger partial charge in [0.1, 0.15) is 0 Å². The first-order valence-corrected chi connectivity index (χ1v) is 4.82. The van der Waals surface area contributed by atoms with E-state index in [4.69, 9.17) is 0 Å². The highest BCUT2D eigenvalue weighted by molar-refractivity contribution is 5.96. The van der Waals surface area contributed by atoms with Gasteiger partial charge in [0, 0.05) is 17.1 Å². The van der Waals surface area contributed by atoms with Crippen molar-refractivity contribution in [3.63, 3.8) is 0 Å². The highest BCUT2D eigenvalue weighted by Gasteiger charge is 2.13. The number of aryl methyl sites for hydroxylation is 1. The van der Waals surface area contributed by atoms with Crippen molar-refractivity contribution < 1.29 is 5.21 Å². The van der Waals surface area contributed by atoms with Gasteiger partial charge in [-0.1, -0.05) is 12.1 Å². The molecule has 0 radical (unpaired) electrons. The first-order valence-electron chi connectivity index (χ1n) is 4.82. The monoisotopic (exact) mass is 198 g/mol. The molecule has 1 aromatic rings. The van der Waals surface area contributed by atoms with Crippen molar-refractivity contribution in [3.05, 3.63) is 42.1 Å². The summed E-state index contributed by atoms with van der Waals surface area (Å²) >= 11 is 0. The molecule has 3 nitrogen and oxygen atoms in total. The van der Waals surface area contributed by atoms with E-state index in [9.17, 15) is 5.21 Å². The van der Waals surface area contributed by atoms with Gasteiger partial charge in [-0.15, -0.1) is 0 Å². The molecule has 0 bridgehead atoms. The minimum Gasteiger partial charge on any atom is -0.427 e. The van der Waals surface area contributed by atoms with Gasteiger partial charge in [-0.25, -0.2) is 4.98 Å². The summed E-state index contributed by atoms with van der Waals surface area (Å²) in [5.41, 5.74) is 3.09. The van der Waals surface area contributed by atoms with Crippen LogP contribution in [0.25, 0.3) is 22.3 Å². The molecule has 0 unspecified atom stereocenters. The van der Waals surface area contributed by atoms with E-state index in [1.54, 1.807) is 6.20 Å². The summed E-state index contributed by atoms with van der Waals surface area (Å²) in [6.45, 7) is 2.03. The lowest BCUT2D eigenvalue weighted by Gasteiger charge is -2.01. The van der Waals surface area contributed by atoms with Crippen LogP contribution in [-0.4, -0.2) is 14.9 Å². The first-order chi connectivity index (χ1) is 7.25. The maximum atomic E-state index is 9.60. The van der Waals surface area contributed by atoms with E-state index >= 15 is 0 Å². The average Bonchev–Trinajstić information content (AvgIpc) is 2.57. The Kier molecular flexibility index (Phi) is 1.51. The van der Waals surface area contributed by atoms with Crippen LogP contribution in [0.2, 0.25) is 0 Å². The molecule has 1 aromatic carbocycles. The van der Waals surface area contributed by atoms with Gasteiger partial charge in [-0.05, 0) is 30.7 Å². The van der Waals surface area contributed by atoms with Crippen molar-refractivity contribution in [2.45, 2.75) is 6.92 Å². The third-order valence-corrected chi connectivity index (χ3v) is 2.62. The number of pyridine rings is 1. The van der Waals surface area contributed by atoms with E-state index in [0.29, 0.717) is 5.82 Å². The lowest BCUT2D eigenvalue weighted by molar-refractivity contribution is 0.187. The van der Waals surface area contributed by atoms with E-state index in [0.717, 1.165) is 21.2 Å². The van der Waals surface area contributed by atoms with E-state index in [-0.39, 0.29) is 0 Å². The first kappa shape index (κ1) is 8.29. The van der Waals surface area contributed by atoms with Crippen molar-refractivity contribution in [2.75, 3.05) is 0 Å². The van der Waals surface area contributed by atoms with Crippen LogP contribution in [0.15, 0.2) is 36.5 Å². The Morgan fingerprint density at radius 3 is 3.00 bits per heavy atom. The second-order valence-corrected chi connectivity index (χ2v) is 3.72. The fourth-order valence-electron chi connectivity index (χ4n) is 1.89. The fraction of sp³-hybridized carbons (Fsp3) is 0.0833. The normalized spacial score (nSPS) is 11.3. The van der Waals surface area contributed by atoms with Crippen LogP contribution in [-0.2, 0) is 0 Å². The Bertz CT molecular complexity index is 612. The minimum absolute atomic E-state index is 0.609. The summed E-state index contributed by atoms with van der Waals surface area (Å²) in [6.07, 6.45) is 1.58. The van der Waals surface area contributed by atoms with Crippen LogP contribution in [0.5, 0.6) is 0 Å². The molecule has 3 rings (SSSR count). The number of rotatable bonds is 0. The smallest absolute Gasteiger partial charge is 0.176 e. The molecular weight excluding hydrogens is 188 g/mol. The molecule has 0 amide bonds. The molecule has 3 heteroatoms.